The molecule has 33 heavy (non-hydrogen) atoms. The van der Waals surface area contributed by atoms with Crippen LogP contribution in [0.15, 0.2) is 72.8 Å². The lowest BCUT2D eigenvalue weighted by atomic mass is 9.99. The van der Waals surface area contributed by atoms with Crippen LogP contribution in [0, 0.1) is 0 Å². The molecule has 6 heteroatoms. The number of fused-ring (bicyclic) bond motifs is 1. The predicted molar refractivity (Wildman–Crippen MR) is 132 cm³/mol. The van der Waals surface area contributed by atoms with Gasteiger partial charge in [0.15, 0.2) is 0 Å². The van der Waals surface area contributed by atoms with Crippen LogP contribution in [-0.4, -0.2) is 25.0 Å². The van der Waals surface area contributed by atoms with E-state index in [4.69, 9.17) is 4.74 Å². The van der Waals surface area contributed by atoms with Crippen LogP contribution in [0.5, 0.6) is 0 Å². The van der Waals surface area contributed by atoms with Gasteiger partial charge >= 0.3 is 5.97 Å². The fourth-order valence-electron chi connectivity index (χ4n) is 3.77. The summed E-state index contributed by atoms with van der Waals surface area (Å²) in [6, 6.07) is 23.0. The minimum atomic E-state index is -0.411. The second-order valence-corrected chi connectivity index (χ2v) is 7.65. The number of nitrogens with one attached hydrogen (secondary N) is 3. The maximum Gasteiger partial charge on any atom is 0.338 e. The molecule has 1 amide bonds. The number of esters is 1. The summed E-state index contributed by atoms with van der Waals surface area (Å²) in [5.41, 5.74) is 5.93. The Balaban J connectivity index is 1.74. The van der Waals surface area contributed by atoms with Crippen LogP contribution < -0.4 is 16.0 Å². The summed E-state index contributed by atoms with van der Waals surface area (Å²) in [5.74, 6) is -0.632. The number of hydrogen-bond acceptors (Lipinski definition) is 5. The van der Waals surface area contributed by atoms with E-state index in [1.165, 1.54) is 5.56 Å². The molecule has 3 N–H and O–H groups in total. The van der Waals surface area contributed by atoms with E-state index in [1.54, 1.807) is 25.1 Å². The predicted octanol–water partition coefficient (Wildman–Crippen LogP) is 4.91. The van der Waals surface area contributed by atoms with Gasteiger partial charge in [-0.1, -0.05) is 55.5 Å². The lowest BCUT2D eigenvalue weighted by Gasteiger charge is -2.15. The Morgan fingerprint density at radius 2 is 1.70 bits per heavy atom. The molecule has 0 saturated heterocycles. The van der Waals surface area contributed by atoms with Crippen molar-refractivity contribution in [2.24, 2.45) is 0 Å². The number of carbonyl (C=O) groups excluding carboxylic acids is 2. The van der Waals surface area contributed by atoms with E-state index >= 15 is 0 Å². The Morgan fingerprint density at radius 1 is 0.939 bits per heavy atom. The first-order chi connectivity index (χ1) is 16.1. The molecule has 1 aliphatic heterocycles. The number of ether oxygens (including phenoxy) is 1. The molecular weight excluding hydrogens is 414 g/mol. The maximum absolute atomic E-state index is 13.1. The van der Waals surface area contributed by atoms with Crippen molar-refractivity contribution in [3.63, 3.8) is 0 Å². The highest BCUT2D eigenvalue weighted by molar-refractivity contribution is 6.37. The summed E-state index contributed by atoms with van der Waals surface area (Å²) in [6.45, 7) is 5.86. The minimum absolute atomic E-state index is 0.221. The molecular formula is C27H27N3O3. The SMILES string of the molecule is CCNCc1ccc(NC(=C2C(=O)Nc3cc(C(=O)OCC)ccc32)c2ccccc2)cc1. The highest BCUT2D eigenvalue weighted by Gasteiger charge is 2.29. The number of hydrogen-bond donors (Lipinski definition) is 3. The number of rotatable bonds is 8. The third-order valence-electron chi connectivity index (χ3n) is 5.39. The molecule has 6 nitrogen and oxygen atoms in total. The maximum atomic E-state index is 13.1. The van der Waals surface area contributed by atoms with Crippen LogP contribution >= 0.6 is 0 Å². The zero-order valence-electron chi connectivity index (χ0n) is 18.8. The number of carbonyl (C=O) groups is 2. The first-order valence-corrected chi connectivity index (χ1v) is 11.1. The molecule has 1 aliphatic rings. The number of benzene rings is 3. The largest absolute Gasteiger partial charge is 0.462 e. The topological polar surface area (TPSA) is 79.5 Å². The van der Waals surface area contributed by atoms with Crippen LogP contribution in [0.3, 0.4) is 0 Å². The Labute approximate surface area is 193 Å². The summed E-state index contributed by atoms with van der Waals surface area (Å²) in [7, 11) is 0. The number of anilines is 2. The van der Waals surface area contributed by atoms with Crippen molar-refractivity contribution in [1.29, 1.82) is 0 Å². The normalized spacial score (nSPS) is 13.8. The quantitative estimate of drug-likeness (QED) is 0.342. The highest BCUT2D eigenvalue weighted by Crippen LogP contribution is 2.38. The van der Waals surface area contributed by atoms with Gasteiger partial charge in [0.1, 0.15) is 0 Å². The fraction of sp³-hybridized carbons (Fsp3) is 0.185. The Hall–Kier alpha value is -3.90. The van der Waals surface area contributed by atoms with Crippen LogP contribution in [0.1, 0.15) is 40.9 Å². The van der Waals surface area contributed by atoms with E-state index < -0.39 is 5.97 Å². The van der Waals surface area contributed by atoms with Crippen molar-refractivity contribution in [2.45, 2.75) is 20.4 Å². The van der Waals surface area contributed by atoms with Crippen molar-refractivity contribution in [3.8, 4) is 0 Å². The molecule has 3 aromatic carbocycles. The molecule has 0 unspecified atom stereocenters. The van der Waals surface area contributed by atoms with Crippen molar-refractivity contribution >= 4 is 34.5 Å². The molecule has 0 aromatic heterocycles. The van der Waals surface area contributed by atoms with Crippen LogP contribution in [-0.2, 0) is 16.1 Å². The van der Waals surface area contributed by atoms with Gasteiger partial charge in [0, 0.05) is 17.8 Å². The molecule has 0 atom stereocenters. The summed E-state index contributed by atoms with van der Waals surface area (Å²) in [6.07, 6.45) is 0. The van der Waals surface area contributed by atoms with E-state index in [0.29, 0.717) is 29.1 Å². The van der Waals surface area contributed by atoms with Gasteiger partial charge in [0.05, 0.1) is 29.1 Å². The molecule has 4 rings (SSSR count). The van der Waals surface area contributed by atoms with Crippen molar-refractivity contribution < 1.29 is 14.3 Å². The van der Waals surface area contributed by atoms with Crippen molar-refractivity contribution in [3.05, 3.63) is 95.1 Å². The lowest BCUT2D eigenvalue weighted by Crippen LogP contribution is -2.12. The summed E-state index contributed by atoms with van der Waals surface area (Å²) in [4.78, 5) is 25.2. The van der Waals surface area contributed by atoms with E-state index in [0.717, 1.165) is 29.9 Å². The fourth-order valence-corrected chi connectivity index (χ4v) is 3.77. The van der Waals surface area contributed by atoms with Crippen LogP contribution in [0.2, 0.25) is 0 Å². The zero-order valence-corrected chi connectivity index (χ0v) is 18.8. The van der Waals surface area contributed by atoms with Crippen LogP contribution in [0.4, 0.5) is 11.4 Å². The first kappa shape index (κ1) is 22.3. The first-order valence-electron chi connectivity index (χ1n) is 11.1. The molecule has 0 fully saturated rings. The second-order valence-electron chi connectivity index (χ2n) is 7.65. The molecule has 168 valence electrons. The average molecular weight is 442 g/mol. The highest BCUT2D eigenvalue weighted by atomic mass is 16.5. The van der Waals surface area contributed by atoms with Gasteiger partial charge in [0.25, 0.3) is 5.91 Å². The molecule has 1 heterocycles. The molecule has 0 aliphatic carbocycles. The van der Waals surface area contributed by atoms with Gasteiger partial charge in [-0.05, 0) is 48.9 Å². The molecule has 0 saturated carbocycles. The molecule has 0 bridgehead atoms. The van der Waals surface area contributed by atoms with Crippen molar-refractivity contribution in [2.75, 3.05) is 23.8 Å². The summed E-state index contributed by atoms with van der Waals surface area (Å²) in [5, 5.41) is 9.67. The van der Waals surface area contributed by atoms with Gasteiger partial charge < -0.3 is 20.7 Å². The smallest absolute Gasteiger partial charge is 0.338 e. The van der Waals surface area contributed by atoms with Gasteiger partial charge in [-0.15, -0.1) is 0 Å². The standard InChI is InChI=1S/C27H27N3O3/c1-3-28-17-18-10-13-21(14-11-18)29-25(19-8-6-5-7-9-19)24-22-15-12-20(27(32)33-4-2)16-23(22)30-26(24)31/h5-16,28-29H,3-4,17H2,1-2H3,(H,30,31). The Kier molecular flexibility index (Phi) is 6.86. The summed E-state index contributed by atoms with van der Waals surface area (Å²) >= 11 is 0. The molecule has 0 spiro atoms. The van der Waals surface area contributed by atoms with E-state index in [-0.39, 0.29) is 5.91 Å². The third-order valence-corrected chi connectivity index (χ3v) is 5.39. The van der Waals surface area contributed by atoms with Crippen molar-refractivity contribution in [1.82, 2.24) is 5.32 Å². The van der Waals surface area contributed by atoms with Crippen LogP contribution in [0.25, 0.3) is 11.3 Å². The lowest BCUT2D eigenvalue weighted by molar-refractivity contribution is -0.110. The third kappa shape index (κ3) is 4.96. The minimum Gasteiger partial charge on any atom is -0.462 e. The van der Waals surface area contributed by atoms with E-state index in [1.807, 2.05) is 42.5 Å². The monoisotopic (exact) mass is 441 g/mol. The van der Waals surface area contributed by atoms with E-state index in [9.17, 15) is 9.59 Å². The molecule has 0 radical (unpaired) electrons. The zero-order chi connectivity index (χ0) is 23.2. The number of amides is 1. The van der Waals surface area contributed by atoms with Gasteiger partial charge in [0.2, 0.25) is 0 Å². The average Bonchev–Trinajstić information content (AvgIpc) is 3.17. The summed E-state index contributed by atoms with van der Waals surface area (Å²) < 4.78 is 5.09. The van der Waals surface area contributed by atoms with Gasteiger partial charge in [-0.3, -0.25) is 4.79 Å². The van der Waals surface area contributed by atoms with Gasteiger partial charge in [-0.2, -0.15) is 0 Å². The molecule has 3 aromatic rings. The van der Waals surface area contributed by atoms with E-state index in [2.05, 4.69) is 35.0 Å². The second kappa shape index (κ2) is 10.1. The Morgan fingerprint density at radius 3 is 2.39 bits per heavy atom. The Bertz CT molecular complexity index is 1180. The van der Waals surface area contributed by atoms with Gasteiger partial charge in [-0.25, -0.2) is 4.79 Å².